The van der Waals surface area contributed by atoms with E-state index in [-0.39, 0.29) is 22.8 Å². The summed E-state index contributed by atoms with van der Waals surface area (Å²) in [5.41, 5.74) is 1.42. The van der Waals surface area contributed by atoms with Crippen molar-refractivity contribution < 1.29 is 17.9 Å². The van der Waals surface area contributed by atoms with Crippen molar-refractivity contribution in [2.24, 2.45) is 5.92 Å². The first kappa shape index (κ1) is 21.3. The molecule has 0 bridgehead atoms. The number of carbonyl (C=O) groups excluding carboxylic acids is 1. The largest absolute Gasteiger partial charge is 0.497 e. The van der Waals surface area contributed by atoms with E-state index < -0.39 is 10.0 Å². The van der Waals surface area contributed by atoms with Crippen molar-refractivity contribution in [1.82, 2.24) is 9.62 Å². The van der Waals surface area contributed by atoms with Crippen LogP contribution in [0.3, 0.4) is 0 Å². The maximum atomic E-state index is 12.8. The Kier molecular flexibility index (Phi) is 6.59. The average molecular weight is 417 g/mol. The number of nitrogens with zero attached hydrogens (tertiary/aromatic N) is 1. The van der Waals surface area contributed by atoms with Gasteiger partial charge in [-0.25, -0.2) is 8.42 Å². The van der Waals surface area contributed by atoms with Crippen LogP contribution in [0, 0.1) is 5.92 Å². The minimum Gasteiger partial charge on any atom is -0.497 e. The van der Waals surface area contributed by atoms with Gasteiger partial charge in [-0.3, -0.25) is 4.79 Å². The van der Waals surface area contributed by atoms with Crippen molar-refractivity contribution in [2.45, 2.75) is 37.6 Å². The molecule has 1 N–H and O–H groups in total. The fraction of sp³-hybridized carbons (Fsp3) is 0.409. The molecule has 0 saturated carbocycles. The van der Waals surface area contributed by atoms with Crippen molar-refractivity contribution in [3.63, 3.8) is 0 Å². The standard InChI is InChI=1S/C22H28N2O4S/c1-16(2)21(17-6-10-19(28-3)11-7-17)23-22(25)18-8-12-20(13-9-18)29(26,27)24-14-4-5-15-24/h6-13,16,21H,4-5,14-15H2,1-3H3,(H,23,25)/t21-/m1/s1. The SMILES string of the molecule is COc1ccc([C@H](NC(=O)c2ccc(S(=O)(=O)N3CCCC3)cc2)C(C)C)cc1. The second-order valence-electron chi connectivity index (χ2n) is 7.60. The minimum atomic E-state index is -3.48. The van der Waals surface area contributed by atoms with Crippen LogP contribution < -0.4 is 10.1 Å². The number of hydrogen-bond donors (Lipinski definition) is 1. The third-order valence-corrected chi connectivity index (χ3v) is 7.16. The van der Waals surface area contributed by atoms with Crippen LogP contribution in [0.2, 0.25) is 0 Å². The lowest BCUT2D eigenvalue weighted by atomic mass is 9.95. The summed E-state index contributed by atoms with van der Waals surface area (Å²) in [6, 6.07) is 13.6. The van der Waals surface area contributed by atoms with Crippen molar-refractivity contribution in [1.29, 1.82) is 0 Å². The summed E-state index contributed by atoms with van der Waals surface area (Å²) in [6.07, 6.45) is 1.78. The van der Waals surface area contributed by atoms with E-state index in [4.69, 9.17) is 4.74 Å². The molecule has 0 radical (unpaired) electrons. The summed E-state index contributed by atoms with van der Waals surface area (Å²) in [5, 5.41) is 3.06. The summed E-state index contributed by atoms with van der Waals surface area (Å²) >= 11 is 0. The molecule has 29 heavy (non-hydrogen) atoms. The van der Waals surface area contributed by atoms with Gasteiger partial charge in [0.25, 0.3) is 5.91 Å². The normalized spacial score (nSPS) is 16.0. The Morgan fingerprint density at radius 3 is 2.10 bits per heavy atom. The molecule has 1 fully saturated rings. The zero-order valence-electron chi connectivity index (χ0n) is 17.1. The number of benzene rings is 2. The average Bonchev–Trinajstić information content (AvgIpc) is 3.28. The number of hydrogen-bond acceptors (Lipinski definition) is 4. The quantitative estimate of drug-likeness (QED) is 0.748. The molecule has 1 amide bonds. The van der Waals surface area contributed by atoms with Gasteiger partial charge in [-0.1, -0.05) is 26.0 Å². The number of rotatable bonds is 7. The van der Waals surface area contributed by atoms with Gasteiger partial charge in [0.1, 0.15) is 5.75 Å². The van der Waals surface area contributed by atoms with Crippen LogP contribution >= 0.6 is 0 Å². The van der Waals surface area contributed by atoms with Crippen molar-refractivity contribution in [2.75, 3.05) is 20.2 Å². The third kappa shape index (κ3) is 4.79. The van der Waals surface area contributed by atoms with Crippen LogP contribution in [0.1, 0.15) is 48.7 Å². The lowest BCUT2D eigenvalue weighted by molar-refractivity contribution is 0.0925. The molecule has 1 heterocycles. The smallest absolute Gasteiger partial charge is 0.251 e. The molecule has 0 spiro atoms. The molecule has 1 aliphatic heterocycles. The summed E-state index contributed by atoms with van der Waals surface area (Å²) in [6.45, 7) is 5.20. The third-order valence-electron chi connectivity index (χ3n) is 5.25. The second kappa shape index (κ2) is 8.97. The molecule has 156 valence electrons. The molecule has 1 aliphatic rings. The van der Waals surface area contributed by atoms with Crippen LogP contribution in [0.5, 0.6) is 5.75 Å². The number of carbonyl (C=O) groups is 1. The monoisotopic (exact) mass is 416 g/mol. The number of ether oxygens (including phenoxy) is 1. The first-order valence-electron chi connectivity index (χ1n) is 9.88. The van der Waals surface area contributed by atoms with E-state index in [0.29, 0.717) is 18.7 Å². The predicted molar refractivity (Wildman–Crippen MR) is 112 cm³/mol. The van der Waals surface area contributed by atoms with E-state index in [1.807, 2.05) is 38.1 Å². The minimum absolute atomic E-state index is 0.165. The zero-order valence-corrected chi connectivity index (χ0v) is 17.9. The molecule has 7 heteroatoms. The van der Waals surface area contributed by atoms with Gasteiger partial charge in [0.2, 0.25) is 10.0 Å². The first-order chi connectivity index (χ1) is 13.8. The molecule has 3 rings (SSSR count). The van der Waals surface area contributed by atoms with E-state index in [2.05, 4.69) is 5.32 Å². The van der Waals surface area contributed by atoms with Crippen LogP contribution in [0.4, 0.5) is 0 Å². The number of sulfonamides is 1. The van der Waals surface area contributed by atoms with E-state index in [1.165, 1.54) is 16.4 Å². The van der Waals surface area contributed by atoms with Crippen LogP contribution in [-0.4, -0.2) is 38.8 Å². The predicted octanol–water partition coefficient (Wildman–Crippen LogP) is 3.61. The fourth-order valence-corrected chi connectivity index (χ4v) is 5.04. The highest BCUT2D eigenvalue weighted by molar-refractivity contribution is 7.89. The Morgan fingerprint density at radius 2 is 1.59 bits per heavy atom. The molecule has 0 aliphatic carbocycles. The van der Waals surface area contributed by atoms with Gasteiger partial charge in [0.05, 0.1) is 18.0 Å². The van der Waals surface area contributed by atoms with E-state index in [9.17, 15) is 13.2 Å². The molecule has 0 aromatic heterocycles. The number of methoxy groups -OCH3 is 1. The van der Waals surface area contributed by atoms with Crippen LogP contribution in [0.15, 0.2) is 53.4 Å². The van der Waals surface area contributed by atoms with Crippen molar-refractivity contribution in [3.8, 4) is 5.75 Å². The molecule has 2 aromatic carbocycles. The highest BCUT2D eigenvalue weighted by atomic mass is 32.2. The maximum Gasteiger partial charge on any atom is 0.251 e. The van der Waals surface area contributed by atoms with Gasteiger partial charge in [-0.2, -0.15) is 4.31 Å². The Morgan fingerprint density at radius 1 is 1.00 bits per heavy atom. The van der Waals surface area contributed by atoms with Gasteiger partial charge in [-0.15, -0.1) is 0 Å². The van der Waals surface area contributed by atoms with E-state index in [1.54, 1.807) is 19.2 Å². The second-order valence-corrected chi connectivity index (χ2v) is 9.54. The van der Waals surface area contributed by atoms with Gasteiger partial charge in [0.15, 0.2) is 0 Å². The molecule has 1 atom stereocenters. The van der Waals surface area contributed by atoms with Crippen LogP contribution in [0.25, 0.3) is 0 Å². The van der Waals surface area contributed by atoms with Crippen LogP contribution in [-0.2, 0) is 10.0 Å². The Bertz CT molecular complexity index is 932. The summed E-state index contributed by atoms with van der Waals surface area (Å²) in [5.74, 6) is 0.712. The van der Waals surface area contributed by atoms with E-state index >= 15 is 0 Å². The van der Waals surface area contributed by atoms with E-state index in [0.717, 1.165) is 24.2 Å². The molecule has 0 unspecified atom stereocenters. The topological polar surface area (TPSA) is 75.7 Å². The lowest BCUT2D eigenvalue weighted by Gasteiger charge is -2.23. The van der Waals surface area contributed by atoms with Gasteiger partial charge in [0, 0.05) is 18.7 Å². The highest BCUT2D eigenvalue weighted by Gasteiger charge is 2.27. The molecular weight excluding hydrogens is 388 g/mol. The lowest BCUT2D eigenvalue weighted by Crippen LogP contribution is -2.32. The zero-order chi connectivity index (χ0) is 21.0. The van der Waals surface area contributed by atoms with Crippen molar-refractivity contribution in [3.05, 3.63) is 59.7 Å². The summed E-state index contributed by atoms with van der Waals surface area (Å²) in [4.78, 5) is 13.0. The number of nitrogens with one attached hydrogen (secondary N) is 1. The summed E-state index contributed by atoms with van der Waals surface area (Å²) in [7, 11) is -1.86. The molecular formula is C22H28N2O4S. The van der Waals surface area contributed by atoms with Gasteiger partial charge < -0.3 is 10.1 Å². The Labute approximate surface area is 172 Å². The first-order valence-corrected chi connectivity index (χ1v) is 11.3. The number of amides is 1. The fourth-order valence-electron chi connectivity index (χ4n) is 3.53. The van der Waals surface area contributed by atoms with Crippen molar-refractivity contribution >= 4 is 15.9 Å². The molecule has 2 aromatic rings. The summed E-state index contributed by atoms with van der Waals surface area (Å²) < 4.78 is 32.0. The molecule has 1 saturated heterocycles. The van der Waals surface area contributed by atoms with Gasteiger partial charge >= 0.3 is 0 Å². The molecule has 6 nitrogen and oxygen atoms in total. The Hall–Kier alpha value is -2.38. The maximum absolute atomic E-state index is 12.8. The van der Waals surface area contributed by atoms with Gasteiger partial charge in [-0.05, 0) is 60.7 Å². The highest BCUT2D eigenvalue weighted by Crippen LogP contribution is 2.25. The Balaban J connectivity index is 1.74.